The Hall–Kier alpha value is -2.75. The van der Waals surface area contributed by atoms with Gasteiger partial charge in [-0.05, 0) is 60.7 Å². The summed E-state index contributed by atoms with van der Waals surface area (Å²) in [5, 5.41) is 4.00. The molecule has 33 heavy (non-hydrogen) atoms. The van der Waals surface area contributed by atoms with E-state index in [9.17, 15) is 22.4 Å². The van der Waals surface area contributed by atoms with Crippen molar-refractivity contribution in [2.24, 2.45) is 7.05 Å². The second-order valence-electron chi connectivity index (χ2n) is 8.15. The van der Waals surface area contributed by atoms with E-state index in [0.29, 0.717) is 51.8 Å². The van der Waals surface area contributed by atoms with Crippen LogP contribution in [-0.2, 0) is 25.0 Å². The van der Waals surface area contributed by atoms with Crippen LogP contribution in [0.25, 0.3) is 11.1 Å². The predicted octanol–water partition coefficient (Wildman–Crippen LogP) is 5.60. The molecular formula is C23H21BrF4N4O. The number of halogens is 5. The number of carbonyl (C=O) groups is 1. The number of alkyl halides is 4. The van der Waals surface area contributed by atoms with E-state index in [1.807, 2.05) is 0 Å². The first-order valence-corrected chi connectivity index (χ1v) is 11.4. The second kappa shape index (κ2) is 8.55. The van der Waals surface area contributed by atoms with Gasteiger partial charge in [-0.3, -0.25) is 14.5 Å². The molecule has 0 aliphatic carbocycles. The lowest BCUT2D eigenvalue weighted by atomic mass is 9.88. The minimum absolute atomic E-state index is 0.0471. The van der Waals surface area contributed by atoms with Crippen LogP contribution < -0.4 is 0 Å². The van der Waals surface area contributed by atoms with Gasteiger partial charge in [-0.2, -0.15) is 18.3 Å². The van der Waals surface area contributed by atoms with Crippen LogP contribution in [0.5, 0.6) is 0 Å². The average Bonchev–Trinajstić information content (AvgIpc) is 3.17. The smallest absolute Gasteiger partial charge is 0.330 e. The number of hydrogen-bond donors (Lipinski definition) is 0. The molecular weight excluding hydrogens is 504 g/mol. The maximum atomic E-state index is 13.7. The van der Waals surface area contributed by atoms with E-state index in [0.717, 1.165) is 10.9 Å². The van der Waals surface area contributed by atoms with Crippen molar-refractivity contribution in [3.05, 3.63) is 70.1 Å². The molecule has 10 heteroatoms. The number of hydrogen-bond acceptors (Lipinski definition) is 3. The number of rotatable bonds is 4. The number of benzene rings is 1. The molecule has 2 aromatic heterocycles. The van der Waals surface area contributed by atoms with Gasteiger partial charge >= 0.3 is 6.18 Å². The van der Waals surface area contributed by atoms with Crippen LogP contribution in [0, 0.1) is 12.7 Å². The summed E-state index contributed by atoms with van der Waals surface area (Å²) in [6, 6.07) is 4.57. The van der Waals surface area contributed by atoms with Crippen LogP contribution >= 0.6 is 15.9 Å². The lowest BCUT2D eigenvalue weighted by molar-refractivity contribution is -0.140. The Balaban J connectivity index is 1.80. The van der Waals surface area contributed by atoms with Crippen molar-refractivity contribution in [3.8, 4) is 11.1 Å². The predicted molar refractivity (Wildman–Crippen MR) is 118 cm³/mol. The summed E-state index contributed by atoms with van der Waals surface area (Å²) >= 11 is 3.36. The number of carbonyl (C=O) groups excluding carboxylic acids is 1. The van der Waals surface area contributed by atoms with Crippen LogP contribution in [0.15, 0.2) is 30.6 Å². The number of pyridine rings is 1. The van der Waals surface area contributed by atoms with Gasteiger partial charge in [-0.1, -0.05) is 15.9 Å². The van der Waals surface area contributed by atoms with Crippen molar-refractivity contribution in [2.75, 3.05) is 6.54 Å². The topological polar surface area (TPSA) is 51.0 Å². The molecule has 0 radical (unpaired) electrons. The van der Waals surface area contributed by atoms with Crippen molar-refractivity contribution in [3.63, 3.8) is 0 Å². The van der Waals surface area contributed by atoms with Crippen LogP contribution in [0.3, 0.4) is 0 Å². The molecule has 0 unspecified atom stereocenters. The summed E-state index contributed by atoms with van der Waals surface area (Å²) < 4.78 is 55.8. The maximum absolute atomic E-state index is 13.7. The minimum Gasteiger partial charge on any atom is -0.330 e. The van der Waals surface area contributed by atoms with Gasteiger partial charge in [0.25, 0.3) is 5.91 Å². The Morgan fingerprint density at radius 1 is 1.18 bits per heavy atom. The Labute approximate surface area is 196 Å². The summed E-state index contributed by atoms with van der Waals surface area (Å²) in [7, 11) is 1.44. The molecule has 3 aromatic rings. The van der Waals surface area contributed by atoms with Crippen molar-refractivity contribution >= 4 is 21.8 Å². The summed E-state index contributed by atoms with van der Waals surface area (Å²) in [6.07, 6.45) is -1.79. The van der Waals surface area contributed by atoms with Gasteiger partial charge in [0.2, 0.25) is 0 Å². The van der Waals surface area contributed by atoms with Crippen LogP contribution in [0.4, 0.5) is 17.6 Å². The van der Waals surface area contributed by atoms with E-state index < -0.39 is 23.7 Å². The van der Waals surface area contributed by atoms with Crippen molar-refractivity contribution in [2.45, 2.75) is 37.8 Å². The van der Waals surface area contributed by atoms with E-state index in [2.05, 4.69) is 26.0 Å². The number of aryl methyl sites for hydroxylation is 2. The first-order valence-electron chi connectivity index (χ1n) is 10.3. The highest BCUT2D eigenvalue weighted by atomic mass is 79.9. The monoisotopic (exact) mass is 524 g/mol. The van der Waals surface area contributed by atoms with Gasteiger partial charge in [-0.15, -0.1) is 0 Å². The van der Waals surface area contributed by atoms with Crippen LogP contribution in [0.2, 0.25) is 0 Å². The molecule has 0 saturated heterocycles. The largest absolute Gasteiger partial charge is 0.435 e. The third kappa shape index (κ3) is 4.28. The zero-order valence-electron chi connectivity index (χ0n) is 18.2. The molecule has 0 spiro atoms. The highest BCUT2D eigenvalue weighted by Gasteiger charge is 2.39. The highest BCUT2D eigenvalue weighted by Crippen LogP contribution is 2.40. The molecule has 0 bridgehead atoms. The quantitative estimate of drug-likeness (QED) is 0.329. The zero-order chi connectivity index (χ0) is 24.1. The summed E-state index contributed by atoms with van der Waals surface area (Å²) in [5.41, 5.74) is 1.91. The first-order chi connectivity index (χ1) is 15.5. The Bertz CT molecular complexity index is 1240. The third-order valence-electron chi connectivity index (χ3n) is 5.91. The SMILES string of the molecule is Cc1cc([C@H](C)N2CCc3c(cc(CBr)cc3-c3cn(C)nc3C(F)(F)F)C2=O)ncc1F. The van der Waals surface area contributed by atoms with Gasteiger partial charge in [0, 0.05) is 36.2 Å². The minimum atomic E-state index is -4.63. The van der Waals surface area contributed by atoms with Gasteiger partial charge < -0.3 is 4.90 Å². The number of amides is 1. The summed E-state index contributed by atoms with van der Waals surface area (Å²) in [4.78, 5) is 19.2. The fourth-order valence-electron chi connectivity index (χ4n) is 4.21. The molecule has 1 aliphatic heterocycles. The summed E-state index contributed by atoms with van der Waals surface area (Å²) in [5.74, 6) is -0.723. The Morgan fingerprint density at radius 2 is 1.88 bits per heavy atom. The fraction of sp³-hybridized carbons (Fsp3) is 0.348. The molecule has 4 rings (SSSR count). The molecule has 1 aliphatic rings. The standard InChI is InChI=1S/C23H21BrF4N4O/c1-12-6-20(29-10-19(12)25)13(2)32-5-4-15-16(7-14(9-24)8-17(15)22(32)33)18-11-31(3)30-21(18)23(26,27)28/h6-8,10-11,13H,4-5,9H2,1-3H3/t13-/m0/s1. The molecule has 0 fully saturated rings. The molecule has 5 nitrogen and oxygen atoms in total. The van der Waals surface area contributed by atoms with Crippen LogP contribution in [0.1, 0.15) is 51.4 Å². The fourth-order valence-corrected chi connectivity index (χ4v) is 4.54. The van der Waals surface area contributed by atoms with Gasteiger partial charge in [0.05, 0.1) is 17.9 Å². The lowest BCUT2D eigenvalue weighted by Gasteiger charge is -2.34. The number of aromatic nitrogens is 3. The van der Waals surface area contributed by atoms with Crippen molar-refractivity contribution in [1.29, 1.82) is 0 Å². The van der Waals surface area contributed by atoms with Crippen molar-refractivity contribution < 1.29 is 22.4 Å². The summed E-state index contributed by atoms with van der Waals surface area (Å²) in [6.45, 7) is 3.73. The zero-order valence-corrected chi connectivity index (χ0v) is 19.8. The molecule has 3 heterocycles. The van der Waals surface area contributed by atoms with Gasteiger partial charge in [0.1, 0.15) is 5.82 Å². The molecule has 1 atom stereocenters. The Morgan fingerprint density at radius 3 is 2.52 bits per heavy atom. The number of nitrogens with zero attached hydrogens (tertiary/aromatic N) is 4. The Kier molecular flexibility index (Phi) is 6.07. The van der Waals surface area contributed by atoms with E-state index >= 15 is 0 Å². The average molecular weight is 525 g/mol. The first kappa shape index (κ1) is 23.4. The number of fused-ring (bicyclic) bond motifs is 1. The van der Waals surface area contributed by atoms with Gasteiger partial charge in [0.15, 0.2) is 5.69 Å². The van der Waals surface area contributed by atoms with E-state index in [1.165, 1.54) is 13.2 Å². The third-order valence-corrected chi connectivity index (χ3v) is 6.56. The highest BCUT2D eigenvalue weighted by molar-refractivity contribution is 9.08. The van der Waals surface area contributed by atoms with Crippen molar-refractivity contribution in [1.82, 2.24) is 19.7 Å². The maximum Gasteiger partial charge on any atom is 0.435 e. The normalized spacial score (nSPS) is 15.0. The van der Waals surface area contributed by atoms with Crippen LogP contribution in [-0.4, -0.2) is 32.1 Å². The van der Waals surface area contributed by atoms with Gasteiger partial charge in [-0.25, -0.2) is 4.39 Å². The molecule has 174 valence electrons. The molecule has 0 saturated carbocycles. The van der Waals surface area contributed by atoms with E-state index in [1.54, 1.807) is 36.9 Å². The lowest BCUT2D eigenvalue weighted by Crippen LogP contribution is -2.40. The van der Waals surface area contributed by atoms with E-state index in [4.69, 9.17) is 0 Å². The molecule has 1 amide bonds. The molecule has 0 N–H and O–H groups in total. The van der Waals surface area contributed by atoms with E-state index in [-0.39, 0.29) is 11.5 Å². The second-order valence-corrected chi connectivity index (χ2v) is 8.71. The molecule has 1 aromatic carbocycles.